The average Bonchev–Trinajstić information content (AvgIpc) is 2.62. The first-order valence-electron chi connectivity index (χ1n) is 3.47. The van der Waals surface area contributed by atoms with Crippen LogP contribution in [0.15, 0.2) is 0 Å². The molecule has 0 aromatic carbocycles. The molecule has 1 aliphatic carbocycles. The lowest BCUT2D eigenvalue weighted by atomic mass is 10.3. The van der Waals surface area contributed by atoms with Gasteiger partial charge in [0.15, 0.2) is 0 Å². The van der Waals surface area contributed by atoms with Crippen molar-refractivity contribution >= 4 is 5.91 Å². The van der Waals surface area contributed by atoms with Gasteiger partial charge in [-0.15, -0.1) is 6.42 Å². The van der Waals surface area contributed by atoms with E-state index in [-0.39, 0.29) is 11.8 Å². The lowest BCUT2D eigenvalue weighted by molar-refractivity contribution is -0.122. The van der Waals surface area contributed by atoms with Crippen LogP contribution in [-0.4, -0.2) is 12.5 Å². The molecule has 2 heteroatoms. The molecule has 10 heavy (non-hydrogen) atoms. The van der Waals surface area contributed by atoms with Crippen molar-refractivity contribution in [2.24, 2.45) is 11.8 Å². The van der Waals surface area contributed by atoms with Crippen molar-refractivity contribution in [2.75, 3.05) is 6.54 Å². The normalized spacial score (nSPS) is 28.8. The van der Waals surface area contributed by atoms with Crippen LogP contribution in [0.3, 0.4) is 0 Å². The van der Waals surface area contributed by atoms with Gasteiger partial charge in [-0.1, -0.05) is 12.8 Å². The molecule has 2 atom stereocenters. The molecule has 0 aromatic rings. The molecule has 0 unspecified atom stereocenters. The van der Waals surface area contributed by atoms with Crippen molar-refractivity contribution < 1.29 is 4.79 Å². The molecule has 0 aromatic heterocycles. The summed E-state index contributed by atoms with van der Waals surface area (Å²) in [4.78, 5) is 11.0. The van der Waals surface area contributed by atoms with E-state index in [4.69, 9.17) is 6.42 Å². The second-order valence-corrected chi connectivity index (χ2v) is 2.74. The topological polar surface area (TPSA) is 29.1 Å². The SMILES string of the molecule is C#CCNC(=O)[C@@H]1C[C@H]1C. The summed E-state index contributed by atoms with van der Waals surface area (Å²) in [6.07, 6.45) is 5.99. The standard InChI is InChI=1S/C8H11NO/c1-3-4-9-8(10)7-5-6(7)2/h1,6-7H,4-5H2,2H3,(H,9,10)/t6-,7-/m1/s1. The highest BCUT2D eigenvalue weighted by Gasteiger charge is 2.38. The first kappa shape index (κ1) is 7.14. The van der Waals surface area contributed by atoms with Gasteiger partial charge in [-0.2, -0.15) is 0 Å². The summed E-state index contributed by atoms with van der Waals surface area (Å²) < 4.78 is 0. The zero-order valence-electron chi connectivity index (χ0n) is 6.05. The molecule has 1 aliphatic rings. The molecule has 1 rings (SSSR count). The Morgan fingerprint density at radius 1 is 1.90 bits per heavy atom. The molecule has 1 N–H and O–H groups in total. The predicted molar refractivity (Wildman–Crippen MR) is 39.1 cm³/mol. The minimum atomic E-state index is 0.116. The second-order valence-electron chi connectivity index (χ2n) is 2.74. The maximum Gasteiger partial charge on any atom is 0.224 e. The lowest BCUT2D eigenvalue weighted by Gasteiger charge is -1.96. The fourth-order valence-electron chi connectivity index (χ4n) is 0.957. The summed E-state index contributed by atoms with van der Waals surface area (Å²) in [5, 5.41) is 2.65. The zero-order chi connectivity index (χ0) is 7.56. The molecule has 0 bridgehead atoms. The largest absolute Gasteiger partial charge is 0.345 e. The van der Waals surface area contributed by atoms with E-state index in [0.717, 1.165) is 6.42 Å². The van der Waals surface area contributed by atoms with Crippen LogP contribution in [0.1, 0.15) is 13.3 Å². The highest BCUT2D eigenvalue weighted by Crippen LogP contribution is 2.37. The maximum atomic E-state index is 11.0. The van der Waals surface area contributed by atoms with Crippen LogP contribution in [0.2, 0.25) is 0 Å². The van der Waals surface area contributed by atoms with Crippen molar-refractivity contribution in [2.45, 2.75) is 13.3 Å². The number of rotatable bonds is 2. The maximum absolute atomic E-state index is 11.0. The third-order valence-electron chi connectivity index (χ3n) is 1.81. The summed E-state index contributed by atoms with van der Waals surface area (Å²) >= 11 is 0. The van der Waals surface area contributed by atoms with Gasteiger partial charge in [0.1, 0.15) is 0 Å². The number of nitrogens with one attached hydrogen (secondary N) is 1. The Morgan fingerprint density at radius 2 is 2.50 bits per heavy atom. The summed E-state index contributed by atoms with van der Waals surface area (Å²) in [6, 6.07) is 0. The van der Waals surface area contributed by atoms with Crippen LogP contribution in [0.25, 0.3) is 0 Å². The van der Waals surface area contributed by atoms with E-state index in [2.05, 4.69) is 18.2 Å². The molecule has 0 spiro atoms. The number of hydrogen-bond donors (Lipinski definition) is 1. The van der Waals surface area contributed by atoms with E-state index < -0.39 is 0 Å². The van der Waals surface area contributed by atoms with Gasteiger partial charge in [-0.05, 0) is 12.3 Å². The lowest BCUT2D eigenvalue weighted by Crippen LogP contribution is -2.25. The van der Waals surface area contributed by atoms with Gasteiger partial charge in [0, 0.05) is 5.92 Å². The monoisotopic (exact) mass is 137 g/mol. The van der Waals surface area contributed by atoms with Gasteiger partial charge in [-0.25, -0.2) is 0 Å². The molecule has 0 saturated heterocycles. The highest BCUT2D eigenvalue weighted by molar-refractivity contribution is 5.81. The van der Waals surface area contributed by atoms with Gasteiger partial charge in [0.25, 0.3) is 0 Å². The van der Waals surface area contributed by atoms with E-state index in [1.807, 2.05) is 0 Å². The van der Waals surface area contributed by atoms with Gasteiger partial charge < -0.3 is 5.32 Å². The predicted octanol–water partition coefficient (Wildman–Crippen LogP) is 0.392. The van der Waals surface area contributed by atoms with Crippen LogP contribution < -0.4 is 5.32 Å². The zero-order valence-corrected chi connectivity index (χ0v) is 6.05. The molecule has 54 valence electrons. The third-order valence-corrected chi connectivity index (χ3v) is 1.81. The van der Waals surface area contributed by atoms with Gasteiger partial charge in [0.2, 0.25) is 5.91 Å². The fraction of sp³-hybridized carbons (Fsp3) is 0.625. The quantitative estimate of drug-likeness (QED) is 0.548. The van der Waals surface area contributed by atoms with Crippen molar-refractivity contribution in [3.8, 4) is 12.3 Å². The molecule has 0 heterocycles. The van der Waals surface area contributed by atoms with E-state index in [1.165, 1.54) is 0 Å². The van der Waals surface area contributed by atoms with Crippen LogP contribution in [-0.2, 0) is 4.79 Å². The molecule has 0 aliphatic heterocycles. The molecule has 2 nitrogen and oxygen atoms in total. The van der Waals surface area contributed by atoms with E-state index in [9.17, 15) is 4.79 Å². The van der Waals surface area contributed by atoms with Crippen molar-refractivity contribution in [3.05, 3.63) is 0 Å². The number of amides is 1. The molecule has 1 fully saturated rings. The summed E-state index contributed by atoms with van der Waals surface area (Å²) in [5.41, 5.74) is 0. The molecule has 1 saturated carbocycles. The van der Waals surface area contributed by atoms with Gasteiger partial charge in [0.05, 0.1) is 6.54 Å². The summed E-state index contributed by atoms with van der Waals surface area (Å²) in [5.74, 6) is 3.29. The molecule has 0 radical (unpaired) electrons. The number of carbonyl (C=O) groups is 1. The highest BCUT2D eigenvalue weighted by atomic mass is 16.2. The average molecular weight is 137 g/mol. The Kier molecular flexibility index (Phi) is 1.96. The van der Waals surface area contributed by atoms with Crippen molar-refractivity contribution in [1.82, 2.24) is 5.32 Å². The van der Waals surface area contributed by atoms with E-state index in [1.54, 1.807) is 0 Å². The smallest absolute Gasteiger partial charge is 0.224 e. The summed E-state index contributed by atoms with van der Waals surface area (Å²) in [6.45, 7) is 2.43. The van der Waals surface area contributed by atoms with Gasteiger partial charge >= 0.3 is 0 Å². The van der Waals surface area contributed by atoms with Crippen LogP contribution >= 0.6 is 0 Å². The first-order chi connectivity index (χ1) is 4.75. The van der Waals surface area contributed by atoms with Crippen LogP contribution in [0.4, 0.5) is 0 Å². The fourth-order valence-corrected chi connectivity index (χ4v) is 0.957. The Labute approximate surface area is 61.0 Å². The Hall–Kier alpha value is -0.970. The van der Waals surface area contributed by atoms with Crippen molar-refractivity contribution in [3.63, 3.8) is 0 Å². The van der Waals surface area contributed by atoms with Crippen LogP contribution in [0, 0.1) is 24.2 Å². The number of hydrogen-bond acceptors (Lipinski definition) is 1. The Balaban J connectivity index is 2.18. The third kappa shape index (κ3) is 1.51. The minimum Gasteiger partial charge on any atom is -0.345 e. The second kappa shape index (κ2) is 2.74. The minimum absolute atomic E-state index is 0.116. The van der Waals surface area contributed by atoms with Crippen LogP contribution in [0.5, 0.6) is 0 Å². The van der Waals surface area contributed by atoms with E-state index >= 15 is 0 Å². The summed E-state index contributed by atoms with van der Waals surface area (Å²) in [7, 11) is 0. The Bertz CT molecular complexity index is 180. The van der Waals surface area contributed by atoms with E-state index in [0.29, 0.717) is 12.5 Å². The van der Waals surface area contributed by atoms with Crippen molar-refractivity contribution in [1.29, 1.82) is 0 Å². The van der Waals surface area contributed by atoms with Gasteiger partial charge in [-0.3, -0.25) is 4.79 Å². The molecule has 1 amide bonds. The molecular formula is C8H11NO. The molecular weight excluding hydrogens is 126 g/mol. The first-order valence-corrected chi connectivity index (χ1v) is 3.47. The Morgan fingerprint density at radius 3 is 2.90 bits per heavy atom. The number of carbonyl (C=O) groups excluding carboxylic acids is 1. The number of terminal acetylenes is 1.